The Morgan fingerprint density at radius 3 is 2.64 bits per heavy atom. The third-order valence-corrected chi connectivity index (χ3v) is 2.05. The lowest BCUT2D eigenvalue weighted by Gasteiger charge is -2.14. The van der Waals surface area contributed by atoms with E-state index < -0.39 is 0 Å². The summed E-state index contributed by atoms with van der Waals surface area (Å²) in [6.07, 6.45) is 1.55. The Kier molecular flexibility index (Phi) is 1.80. The van der Waals surface area contributed by atoms with Crippen molar-refractivity contribution in [2.75, 3.05) is 0 Å². The second-order valence-electron chi connectivity index (χ2n) is 4.29. The molecule has 4 heteroatoms. The van der Waals surface area contributed by atoms with Gasteiger partial charge in [0.25, 0.3) is 0 Å². The highest BCUT2D eigenvalue weighted by Crippen LogP contribution is 2.24. The summed E-state index contributed by atoms with van der Waals surface area (Å²) in [7, 11) is 0. The van der Waals surface area contributed by atoms with Gasteiger partial charge >= 0.3 is 0 Å². The largest absolute Gasteiger partial charge is 0.238 e. The molecular weight excluding hydrogens is 181 g/mol. The standard InChI is InChI=1S/C10H12FN3/c1-10(2,3)8-9(11)14-7(13-8)5-4-6-12-14/h4-6H,1-3H3. The van der Waals surface area contributed by atoms with Crippen LogP contribution in [-0.2, 0) is 5.41 Å². The lowest BCUT2D eigenvalue weighted by atomic mass is 9.93. The third kappa shape index (κ3) is 1.27. The fraction of sp³-hybridized carbons (Fsp3) is 0.400. The summed E-state index contributed by atoms with van der Waals surface area (Å²) >= 11 is 0. The first kappa shape index (κ1) is 9.12. The molecule has 3 nitrogen and oxygen atoms in total. The van der Waals surface area contributed by atoms with Gasteiger partial charge < -0.3 is 0 Å². The summed E-state index contributed by atoms with van der Waals surface area (Å²) in [6, 6.07) is 3.49. The molecule has 0 amide bonds. The predicted octanol–water partition coefficient (Wildman–Crippen LogP) is 2.17. The first-order valence-electron chi connectivity index (χ1n) is 4.50. The zero-order valence-electron chi connectivity index (χ0n) is 8.45. The first-order chi connectivity index (χ1) is 6.50. The Balaban J connectivity index is 2.75. The Morgan fingerprint density at radius 1 is 1.36 bits per heavy atom. The topological polar surface area (TPSA) is 30.2 Å². The molecule has 2 aromatic rings. The summed E-state index contributed by atoms with van der Waals surface area (Å²) in [5.74, 6) is -0.367. The molecule has 0 radical (unpaired) electrons. The van der Waals surface area contributed by atoms with Crippen molar-refractivity contribution in [1.82, 2.24) is 14.6 Å². The summed E-state index contributed by atoms with van der Waals surface area (Å²) < 4.78 is 15.0. The highest BCUT2D eigenvalue weighted by molar-refractivity contribution is 5.39. The van der Waals surface area contributed by atoms with Gasteiger partial charge in [0, 0.05) is 11.6 Å². The Labute approximate surface area is 81.6 Å². The number of aromatic nitrogens is 3. The normalized spacial score (nSPS) is 12.3. The molecule has 0 aliphatic carbocycles. The van der Waals surface area contributed by atoms with Gasteiger partial charge in [-0.05, 0) is 12.1 Å². The quantitative estimate of drug-likeness (QED) is 0.641. The van der Waals surface area contributed by atoms with Crippen LogP contribution in [0.1, 0.15) is 26.5 Å². The van der Waals surface area contributed by atoms with Crippen molar-refractivity contribution >= 4 is 5.65 Å². The van der Waals surface area contributed by atoms with Crippen LogP contribution in [0.5, 0.6) is 0 Å². The maximum atomic E-state index is 13.8. The lowest BCUT2D eigenvalue weighted by molar-refractivity contribution is 0.479. The molecule has 0 bridgehead atoms. The van der Waals surface area contributed by atoms with Gasteiger partial charge in [0.1, 0.15) is 5.69 Å². The molecule has 0 saturated heterocycles. The number of nitrogens with zero attached hydrogens (tertiary/aromatic N) is 3. The first-order valence-corrected chi connectivity index (χ1v) is 4.50. The molecule has 2 rings (SSSR count). The molecule has 0 aromatic carbocycles. The molecular formula is C10H12FN3. The minimum atomic E-state index is -0.367. The molecule has 0 atom stereocenters. The van der Waals surface area contributed by atoms with Crippen molar-refractivity contribution in [1.29, 1.82) is 0 Å². The summed E-state index contributed by atoms with van der Waals surface area (Å²) in [5, 5.41) is 3.89. The molecule has 2 heterocycles. The van der Waals surface area contributed by atoms with Gasteiger partial charge in [-0.2, -0.15) is 14.0 Å². The average molecular weight is 193 g/mol. The number of halogens is 1. The monoisotopic (exact) mass is 193 g/mol. The Morgan fingerprint density at radius 2 is 2.07 bits per heavy atom. The van der Waals surface area contributed by atoms with E-state index in [-0.39, 0.29) is 11.4 Å². The molecule has 14 heavy (non-hydrogen) atoms. The summed E-state index contributed by atoms with van der Waals surface area (Å²) in [5.41, 5.74) is 0.712. The van der Waals surface area contributed by atoms with Crippen molar-refractivity contribution in [2.24, 2.45) is 0 Å². The summed E-state index contributed by atoms with van der Waals surface area (Å²) in [6.45, 7) is 5.79. The highest BCUT2D eigenvalue weighted by atomic mass is 19.1. The minimum Gasteiger partial charge on any atom is -0.228 e. The second-order valence-corrected chi connectivity index (χ2v) is 4.29. The van der Waals surface area contributed by atoms with Crippen molar-refractivity contribution in [2.45, 2.75) is 26.2 Å². The van der Waals surface area contributed by atoms with Gasteiger partial charge in [-0.3, -0.25) is 0 Å². The van der Waals surface area contributed by atoms with Crippen LogP contribution in [0.4, 0.5) is 4.39 Å². The van der Waals surface area contributed by atoms with E-state index in [1.165, 1.54) is 4.52 Å². The van der Waals surface area contributed by atoms with E-state index in [1.54, 1.807) is 18.3 Å². The molecule has 0 N–H and O–H groups in total. The van der Waals surface area contributed by atoms with Gasteiger partial charge in [-0.25, -0.2) is 4.98 Å². The van der Waals surface area contributed by atoms with Crippen LogP contribution < -0.4 is 0 Å². The van der Waals surface area contributed by atoms with Gasteiger partial charge in [0.15, 0.2) is 5.65 Å². The molecule has 74 valence electrons. The molecule has 0 saturated carbocycles. The van der Waals surface area contributed by atoms with Gasteiger partial charge in [0.05, 0.1) is 0 Å². The molecule has 0 aliphatic rings. The van der Waals surface area contributed by atoms with E-state index in [0.29, 0.717) is 11.3 Å². The van der Waals surface area contributed by atoms with E-state index >= 15 is 0 Å². The van der Waals surface area contributed by atoms with Gasteiger partial charge in [0.2, 0.25) is 5.95 Å². The third-order valence-electron chi connectivity index (χ3n) is 2.05. The lowest BCUT2D eigenvalue weighted by Crippen LogP contribution is -2.14. The van der Waals surface area contributed by atoms with E-state index in [1.807, 2.05) is 20.8 Å². The predicted molar refractivity (Wildman–Crippen MR) is 51.6 cm³/mol. The van der Waals surface area contributed by atoms with E-state index in [0.717, 1.165) is 0 Å². The van der Waals surface area contributed by atoms with Crippen LogP contribution in [0, 0.1) is 5.95 Å². The van der Waals surface area contributed by atoms with Crippen LogP contribution in [0.25, 0.3) is 5.65 Å². The highest BCUT2D eigenvalue weighted by Gasteiger charge is 2.24. The number of hydrogen-bond donors (Lipinski definition) is 0. The molecule has 2 aromatic heterocycles. The fourth-order valence-electron chi connectivity index (χ4n) is 1.34. The van der Waals surface area contributed by atoms with Crippen LogP contribution in [-0.4, -0.2) is 14.6 Å². The van der Waals surface area contributed by atoms with Crippen molar-refractivity contribution in [3.05, 3.63) is 30.0 Å². The van der Waals surface area contributed by atoms with Crippen LogP contribution in [0.15, 0.2) is 18.3 Å². The SMILES string of the molecule is CC(C)(C)c1nc2cccnn2c1F. The van der Waals surface area contributed by atoms with Crippen molar-refractivity contribution in [3.8, 4) is 0 Å². The fourth-order valence-corrected chi connectivity index (χ4v) is 1.34. The number of imidazole rings is 1. The van der Waals surface area contributed by atoms with Gasteiger partial charge in [-0.15, -0.1) is 0 Å². The van der Waals surface area contributed by atoms with Crippen LogP contribution in [0.3, 0.4) is 0 Å². The average Bonchev–Trinajstić information content (AvgIpc) is 2.44. The second kappa shape index (κ2) is 2.77. The molecule has 0 spiro atoms. The Bertz CT molecular complexity index is 468. The van der Waals surface area contributed by atoms with Crippen molar-refractivity contribution in [3.63, 3.8) is 0 Å². The van der Waals surface area contributed by atoms with E-state index in [2.05, 4.69) is 10.1 Å². The number of rotatable bonds is 0. The minimum absolute atomic E-state index is 0.294. The summed E-state index contributed by atoms with van der Waals surface area (Å²) in [4.78, 5) is 4.21. The zero-order valence-corrected chi connectivity index (χ0v) is 8.45. The van der Waals surface area contributed by atoms with Crippen molar-refractivity contribution < 1.29 is 4.39 Å². The van der Waals surface area contributed by atoms with Gasteiger partial charge in [-0.1, -0.05) is 20.8 Å². The zero-order chi connectivity index (χ0) is 10.3. The van der Waals surface area contributed by atoms with E-state index in [4.69, 9.17) is 0 Å². The maximum Gasteiger partial charge on any atom is 0.238 e. The smallest absolute Gasteiger partial charge is 0.228 e. The molecule has 0 fully saturated rings. The van der Waals surface area contributed by atoms with E-state index in [9.17, 15) is 4.39 Å². The van der Waals surface area contributed by atoms with Crippen LogP contribution >= 0.6 is 0 Å². The molecule has 0 aliphatic heterocycles. The van der Waals surface area contributed by atoms with Crippen LogP contribution in [0.2, 0.25) is 0 Å². The maximum absolute atomic E-state index is 13.8. The number of hydrogen-bond acceptors (Lipinski definition) is 2. The number of fused-ring (bicyclic) bond motifs is 1. The Hall–Kier alpha value is -1.45. The molecule has 0 unspecified atom stereocenters.